The molecule has 0 N–H and O–H groups in total. The van der Waals surface area contributed by atoms with Crippen LogP contribution >= 0.6 is 15.9 Å². The molecule has 2 unspecified atom stereocenters. The minimum absolute atomic E-state index is 0.184. The first-order valence-electron chi connectivity index (χ1n) is 7.18. The van der Waals surface area contributed by atoms with Crippen LogP contribution in [0.5, 0.6) is 5.75 Å². The van der Waals surface area contributed by atoms with Crippen molar-refractivity contribution in [1.29, 1.82) is 0 Å². The van der Waals surface area contributed by atoms with Gasteiger partial charge in [-0.15, -0.1) is 0 Å². The molecule has 0 aromatic heterocycles. The number of hydrogen-bond donors (Lipinski definition) is 0. The molecule has 0 fully saturated rings. The lowest BCUT2D eigenvalue weighted by atomic mass is 9.73. The average molecular weight is 359 g/mol. The lowest BCUT2D eigenvalue weighted by molar-refractivity contribution is 0.196. The summed E-state index contributed by atoms with van der Waals surface area (Å²) < 4.78 is 19.1. The zero-order valence-electron chi connectivity index (χ0n) is 12.7. The molecule has 1 heterocycles. The van der Waals surface area contributed by atoms with Crippen LogP contribution in [0.15, 0.2) is 21.5 Å². The van der Waals surface area contributed by atoms with Crippen molar-refractivity contribution in [1.82, 2.24) is 0 Å². The average Bonchev–Trinajstić information content (AvgIpc) is 2.55. The predicted octanol–water partition coefficient (Wildman–Crippen LogP) is 4.56. The molecule has 20 heavy (non-hydrogen) atoms. The molecule has 1 aliphatic heterocycles. The van der Waals surface area contributed by atoms with E-state index in [1.807, 2.05) is 6.07 Å². The number of hydrogen-bond acceptors (Lipinski definition) is 2. The third kappa shape index (κ3) is 2.88. The molecule has 0 aliphatic carbocycles. The number of methoxy groups -OCH3 is 1. The van der Waals surface area contributed by atoms with Crippen molar-refractivity contribution in [3.63, 3.8) is 0 Å². The number of fused-ring (bicyclic) bond motifs is 1. The van der Waals surface area contributed by atoms with Crippen LogP contribution in [0.3, 0.4) is 0 Å². The fourth-order valence-corrected chi connectivity index (χ4v) is 5.68. The highest BCUT2D eigenvalue weighted by atomic mass is 79.9. The van der Waals surface area contributed by atoms with E-state index >= 15 is 0 Å². The quantitative estimate of drug-likeness (QED) is 0.741. The van der Waals surface area contributed by atoms with Gasteiger partial charge in [-0.3, -0.25) is 0 Å². The van der Waals surface area contributed by atoms with Crippen molar-refractivity contribution >= 4 is 27.1 Å². The van der Waals surface area contributed by atoms with Gasteiger partial charge in [0.2, 0.25) is 0 Å². The highest BCUT2D eigenvalue weighted by Gasteiger charge is 2.40. The van der Waals surface area contributed by atoms with Crippen molar-refractivity contribution in [3.05, 3.63) is 22.2 Å². The van der Waals surface area contributed by atoms with Crippen molar-refractivity contribution in [3.8, 4) is 5.75 Å². The molecule has 1 aromatic carbocycles. The van der Waals surface area contributed by atoms with Gasteiger partial charge in [-0.1, -0.05) is 20.8 Å². The third-order valence-corrected chi connectivity index (χ3v) is 7.15. The summed E-state index contributed by atoms with van der Waals surface area (Å²) in [6.45, 7) is 6.74. The molecule has 2 atom stereocenters. The molecule has 4 heteroatoms. The molecule has 0 bridgehead atoms. The number of halogens is 1. The second-order valence-corrected chi connectivity index (χ2v) is 8.23. The van der Waals surface area contributed by atoms with Crippen molar-refractivity contribution in [2.45, 2.75) is 44.9 Å². The maximum Gasteiger partial charge on any atom is 0.159 e. The van der Waals surface area contributed by atoms with E-state index in [2.05, 4.69) is 42.8 Å². The molecule has 0 radical (unpaired) electrons. The summed E-state index contributed by atoms with van der Waals surface area (Å²) in [6.07, 6.45) is 3.19. The van der Waals surface area contributed by atoms with Crippen LogP contribution in [0.25, 0.3) is 0 Å². The Hall–Kier alpha value is -0.190. The third-order valence-electron chi connectivity index (χ3n) is 4.82. The molecular weight excluding hydrogens is 336 g/mol. The zero-order chi connectivity index (χ0) is 14.9. The Morgan fingerprint density at radius 3 is 2.70 bits per heavy atom. The molecule has 0 spiro atoms. The molecule has 0 saturated heterocycles. The zero-order valence-corrected chi connectivity index (χ0v) is 15.1. The fourth-order valence-electron chi connectivity index (χ4n) is 3.08. The van der Waals surface area contributed by atoms with Crippen LogP contribution in [0.1, 0.15) is 39.2 Å². The fraction of sp³-hybridized carbons (Fsp3) is 0.625. The van der Waals surface area contributed by atoms with Crippen molar-refractivity contribution in [2.75, 3.05) is 12.9 Å². The molecule has 0 amide bonds. The molecular formula is C16H23BrO2S. The van der Waals surface area contributed by atoms with E-state index in [0.717, 1.165) is 40.1 Å². The van der Waals surface area contributed by atoms with Gasteiger partial charge >= 0.3 is 0 Å². The van der Waals surface area contributed by atoms with Crippen LogP contribution in [-0.2, 0) is 17.6 Å². The number of aryl methyl sites for hydroxylation is 1. The Labute approximate surface area is 133 Å². The van der Waals surface area contributed by atoms with Crippen molar-refractivity contribution < 1.29 is 9.29 Å². The maximum absolute atomic E-state index is 12.8. The SMILES string of the molecule is CCC1(C(C)C)CCc2cc(Br)c(OC)cc2[S+]([O-])C1. The van der Waals surface area contributed by atoms with Crippen LogP contribution in [-0.4, -0.2) is 17.4 Å². The van der Waals surface area contributed by atoms with E-state index in [1.54, 1.807) is 7.11 Å². The molecule has 1 aliphatic rings. The van der Waals surface area contributed by atoms with Crippen LogP contribution < -0.4 is 4.74 Å². The van der Waals surface area contributed by atoms with Gasteiger partial charge < -0.3 is 9.29 Å². The lowest BCUT2D eigenvalue weighted by Gasteiger charge is -2.34. The summed E-state index contributed by atoms with van der Waals surface area (Å²) in [5, 5.41) is 0. The summed E-state index contributed by atoms with van der Waals surface area (Å²) in [6, 6.07) is 4.03. The van der Waals surface area contributed by atoms with Crippen LogP contribution in [0, 0.1) is 11.3 Å². The van der Waals surface area contributed by atoms with E-state index < -0.39 is 11.2 Å². The van der Waals surface area contributed by atoms with E-state index in [-0.39, 0.29) is 5.41 Å². The Balaban J connectivity index is 2.42. The normalized spacial score (nSPS) is 26.2. The van der Waals surface area contributed by atoms with Gasteiger partial charge in [0.05, 0.1) is 11.6 Å². The summed E-state index contributed by atoms with van der Waals surface area (Å²) in [7, 11) is 1.65. The number of ether oxygens (including phenoxy) is 1. The summed E-state index contributed by atoms with van der Waals surface area (Å²) >= 11 is 2.59. The molecule has 112 valence electrons. The summed E-state index contributed by atoms with van der Waals surface area (Å²) in [5.74, 6) is 2.08. The minimum Gasteiger partial charge on any atom is -0.611 e. The monoisotopic (exact) mass is 358 g/mol. The van der Waals surface area contributed by atoms with Crippen molar-refractivity contribution in [2.24, 2.45) is 11.3 Å². The van der Waals surface area contributed by atoms with E-state index in [1.165, 1.54) is 5.56 Å². The minimum atomic E-state index is -0.943. The van der Waals surface area contributed by atoms with E-state index in [0.29, 0.717) is 5.92 Å². The Kier molecular flexibility index (Phi) is 5.09. The van der Waals surface area contributed by atoms with Gasteiger partial charge in [0.25, 0.3) is 0 Å². The van der Waals surface area contributed by atoms with Gasteiger partial charge in [-0.25, -0.2) is 0 Å². The topological polar surface area (TPSA) is 32.3 Å². The highest BCUT2D eigenvalue weighted by Crippen LogP contribution is 2.44. The van der Waals surface area contributed by atoms with Gasteiger partial charge in [-0.05, 0) is 58.4 Å². The number of rotatable bonds is 3. The molecule has 2 nitrogen and oxygen atoms in total. The van der Waals surface area contributed by atoms with Gasteiger partial charge in [0.15, 0.2) is 4.90 Å². The second-order valence-electron chi connectivity index (χ2n) is 5.95. The molecule has 0 saturated carbocycles. The van der Waals surface area contributed by atoms with Gasteiger partial charge in [-0.2, -0.15) is 0 Å². The molecule has 1 aromatic rings. The van der Waals surface area contributed by atoms with E-state index in [4.69, 9.17) is 4.74 Å². The van der Waals surface area contributed by atoms with Crippen LogP contribution in [0.4, 0.5) is 0 Å². The highest BCUT2D eigenvalue weighted by molar-refractivity contribution is 9.10. The Morgan fingerprint density at radius 1 is 1.45 bits per heavy atom. The smallest absolute Gasteiger partial charge is 0.159 e. The first-order valence-corrected chi connectivity index (χ1v) is 9.29. The second kappa shape index (κ2) is 6.29. The predicted molar refractivity (Wildman–Crippen MR) is 87.9 cm³/mol. The summed E-state index contributed by atoms with van der Waals surface area (Å²) in [4.78, 5) is 0.959. The standard InChI is InChI=1S/C16H23BrO2S/c1-5-16(11(2)3)7-6-12-8-13(17)14(19-4)9-15(12)20(18)10-16/h8-9,11H,5-7,10H2,1-4H3. The molecule has 2 rings (SSSR count). The number of benzene rings is 1. The summed E-state index contributed by atoms with van der Waals surface area (Å²) in [5.41, 5.74) is 1.39. The Bertz CT molecular complexity index is 490. The maximum atomic E-state index is 12.8. The first-order chi connectivity index (χ1) is 9.43. The Morgan fingerprint density at radius 2 is 2.15 bits per heavy atom. The first kappa shape index (κ1) is 16.2. The van der Waals surface area contributed by atoms with Crippen LogP contribution in [0.2, 0.25) is 0 Å². The van der Waals surface area contributed by atoms with E-state index in [9.17, 15) is 4.55 Å². The largest absolute Gasteiger partial charge is 0.611 e. The van der Waals surface area contributed by atoms with Gasteiger partial charge in [0.1, 0.15) is 11.5 Å². The van der Waals surface area contributed by atoms with Gasteiger partial charge in [0, 0.05) is 17.0 Å². The lowest BCUT2D eigenvalue weighted by Crippen LogP contribution is -2.33.